The highest BCUT2D eigenvalue weighted by Crippen LogP contribution is 2.40. The molecule has 1 aromatic heterocycles. The van der Waals surface area contributed by atoms with Gasteiger partial charge in [-0.1, -0.05) is 0 Å². The number of aromatic nitrogens is 2. The van der Waals surface area contributed by atoms with Crippen molar-refractivity contribution in [3.05, 3.63) is 18.2 Å². The van der Waals surface area contributed by atoms with Crippen LogP contribution in [0.25, 0.3) is 0 Å². The van der Waals surface area contributed by atoms with Gasteiger partial charge in [-0.25, -0.2) is 0 Å². The molecule has 2 heterocycles. The number of benzene rings is 1. The molecule has 3 rings (SSSR count). The van der Waals surface area contributed by atoms with Crippen molar-refractivity contribution >= 4 is 23.3 Å². The molecule has 0 unspecified atom stereocenters. The van der Waals surface area contributed by atoms with Gasteiger partial charge in [0.05, 0.1) is 34.5 Å². The molecule has 0 spiro atoms. The third-order valence-corrected chi connectivity index (χ3v) is 4.00. The molecule has 1 aliphatic rings. The summed E-state index contributed by atoms with van der Waals surface area (Å²) < 4.78 is 21.5. The molecule has 0 aliphatic carbocycles. The van der Waals surface area contributed by atoms with Gasteiger partial charge in [0.1, 0.15) is 11.6 Å². The van der Waals surface area contributed by atoms with E-state index in [1.165, 1.54) is 0 Å². The molecule has 1 fully saturated rings. The van der Waals surface area contributed by atoms with Crippen molar-refractivity contribution in [1.82, 2.24) is 9.97 Å². The molecule has 0 bridgehead atoms. The van der Waals surface area contributed by atoms with Gasteiger partial charge >= 0.3 is 0 Å². The van der Waals surface area contributed by atoms with Gasteiger partial charge in [-0.2, -0.15) is 9.97 Å². The molecular weight excluding hydrogens is 338 g/mol. The van der Waals surface area contributed by atoms with Crippen molar-refractivity contribution < 1.29 is 18.9 Å². The van der Waals surface area contributed by atoms with Crippen LogP contribution in [0.4, 0.5) is 23.3 Å². The summed E-state index contributed by atoms with van der Waals surface area (Å²) in [6.07, 6.45) is 0. The van der Waals surface area contributed by atoms with E-state index in [1.807, 2.05) is 6.07 Å². The van der Waals surface area contributed by atoms with Crippen molar-refractivity contribution in [2.75, 3.05) is 63.6 Å². The van der Waals surface area contributed by atoms with Crippen LogP contribution in [0, 0.1) is 0 Å². The van der Waals surface area contributed by atoms with Crippen LogP contribution in [0.2, 0.25) is 0 Å². The molecule has 1 aliphatic heterocycles. The van der Waals surface area contributed by atoms with E-state index in [2.05, 4.69) is 20.2 Å². The van der Waals surface area contributed by atoms with E-state index in [-0.39, 0.29) is 5.95 Å². The Labute approximate surface area is 152 Å². The van der Waals surface area contributed by atoms with E-state index in [4.69, 9.17) is 24.7 Å². The zero-order valence-electron chi connectivity index (χ0n) is 15.1. The molecule has 1 saturated heterocycles. The molecule has 2 aromatic rings. The minimum Gasteiger partial charge on any atom is -0.493 e. The summed E-state index contributed by atoms with van der Waals surface area (Å²) in [6.45, 7) is 2.86. The summed E-state index contributed by atoms with van der Waals surface area (Å²) in [5.74, 6) is 3.15. The number of morpholine rings is 1. The largest absolute Gasteiger partial charge is 0.493 e. The minimum absolute atomic E-state index is 0.198. The fraction of sp³-hybridized carbons (Fsp3) is 0.412. The van der Waals surface area contributed by atoms with E-state index >= 15 is 0 Å². The van der Waals surface area contributed by atoms with Gasteiger partial charge in [0.15, 0.2) is 11.5 Å². The van der Waals surface area contributed by atoms with Gasteiger partial charge in [0, 0.05) is 37.0 Å². The number of hydrogen-bond acceptors (Lipinski definition) is 9. The van der Waals surface area contributed by atoms with Crippen LogP contribution in [0.3, 0.4) is 0 Å². The summed E-state index contributed by atoms with van der Waals surface area (Å²) in [7, 11) is 4.70. The zero-order chi connectivity index (χ0) is 18.5. The Bertz CT molecular complexity index is 740. The van der Waals surface area contributed by atoms with E-state index in [9.17, 15) is 0 Å². The maximum absolute atomic E-state index is 5.89. The lowest BCUT2D eigenvalue weighted by Crippen LogP contribution is -2.36. The molecule has 0 radical (unpaired) electrons. The van der Waals surface area contributed by atoms with Crippen molar-refractivity contribution in [2.45, 2.75) is 0 Å². The Morgan fingerprint density at radius 2 is 1.65 bits per heavy atom. The van der Waals surface area contributed by atoms with Crippen LogP contribution in [0.5, 0.6) is 17.2 Å². The van der Waals surface area contributed by atoms with E-state index in [0.717, 1.165) is 24.6 Å². The third-order valence-electron chi connectivity index (χ3n) is 4.00. The maximum Gasteiger partial charge on any atom is 0.223 e. The van der Waals surface area contributed by atoms with Gasteiger partial charge in [-0.15, -0.1) is 0 Å². The van der Waals surface area contributed by atoms with Gasteiger partial charge in [-0.05, 0) is 0 Å². The first-order valence-corrected chi connectivity index (χ1v) is 8.19. The number of nitrogen functional groups attached to an aromatic ring is 1. The van der Waals surface area contributed by atoms with Crippen molar-refractivity contribution in [3.63, 3.8) is 0 Å². The van der Waals surface area contributed by atoms with Gasteiger partial charge < -0.3 is 34.9 Å². The fourth-order valence-electron chi connectivity index (χ4n) is 2.77. The van der Waals surface area contributed by atoms with Crippen molar-refractivity contribution in [2.24, 2.45) is 0 Å². The van der Waals surface area contributed by atoms with Crippen LogP contribution in [-0.4, -0.2) is 57.6 Å². The fourth-order valence-corrected chi connectivity index (χ4v) is 2.77. The Morgan fingerprint density at radius 1 is 1.00 bits per heavy atom. The molecule has 0 atom stereocenters. The van der Waals surface area contributed by atoms with Gasteiger partial charge in [0.25, 0.3) is 0 Å². The number of anilines is 4. The molecule has 3 N–H and O–H groups in total. The highest BCUT2D eigenvalue weighted by atomic mass is 16.5. The third kappa shape index (κ3) is 3.83. The van der Waals surface area contributed by atoms with Gasteiger partial charge in [-0.3, -0.25) is 0 Å². The van der Waals surface area contributed by atoms with Crippen LogP contribution < -0.4 is 30.2 Å². The number of rotatable bonds is 6. The molecule has 9 nitrogen and oxygen atoms in total. The number of nitrogens with two attached hydrogens (primary N) is 1. The molecule has 140 valence electrons. The summed E-state index contributed by atoms with van der Waals surface area (Å²) >= 11 is 0. The predicted molar refractivity (Wildman–Crippen MR) is 98.9 cm³/mol. The van der Waals surface area contributed by atoms with Crippen LogP contribution in [0.15, 0.2) is 18.2 Å². The second kappa shape index (κ2) is 7.96. The second-order valence-corrected chi connectivity index (χ2v) is 5.61. The quantitative estimate of drug-likeness (QED) is 0.795. The number of ether oxygens (including phenoxy) is 4. The monoisotopic (exact) mass is 361 g/mol. The molecule has 9 heteroatoms. The maximum atomic E-state index is 5.89. The Balaban J connectivity index is 1.89. The first-order chi connectivity index (χ1) is 12.6. The summed E-state index contributed by atoms with van der Waals surface area (Å²) in [5.41, 5.74) is 6.62. The SMILES string of the molecule is COc1cc(Nc2cc(N3CCOCC3)nc(N)n2)cc(OC)c1OC. The van der Waals surface area contributed by atoms with E-state index < -0.39 is 0 Å². The average molecular weight is 361 g/mol. The Hall–Kier alpha value is -2.94. The first kappa shape index (κ1) is 17.9. The molecule has 26 heavy (non-hydrogen) atoms. The molecule has 0 amide bonds. The Morgan fingerprint density at radius 3 is 2.23 bits per heavy atom. The normalized spacial score (nSPS) is 14.0. The number of nitrogens with zero attached hydrogens (tertiary/aromatic N) is 3. The van der Waals surface area contributed by atoms with Gasteiger partial charge in [0.2, 0.25) is 11.7 Å². The van der Waals surface area contributed by atoms with Crippen molar-refractivity contribution in [3.8, 4) is 17.2 Å². The van der Waals surface area contributed by atoms with E-state index in [1.54, 1.807) is 33.5 Å². The lowest BCUT2D eigenvalue weighted by Gasteiger charge is -2.28. The van der Waals surface area contributed by atoms with E-state index in [0.29, 0.717) is 36.3 Å². The summed E-state index contributed by atoms with van der Waals surface area (Å²) in [4.78, 5) is 10.7. The molecule has 0 saturated carbocycles. The minimum atomic E-state index is 0.198. The lowest BCUT2D eigenvalue weighted by atomic mass is 10.2. The van der Waals surface area contributed by atoms with Crippen LogP contribution >= 0.6 is 0 Å². The highest BCUT2D eigenvalue weighted by molar-refractivity contribution is 5.68. The number of nitrogens with one attached hydrogen (secondary N) is 1. The van der Waals surface area contributed by atoms with Crippen molar-refractivity contribution in [1.29, 1.82) is 0 Å². The first-order valence-electron chi connectivity index (χ1n) is 8.19. The zero-order valence-corrected chi connectivity index (χ0v) is 15.1. The lowest BCUT2D eigenvalue weighted by molar-refractivity contribution is 0.122. The predicted octanol–water partition coefficient (Wildman–Crippen LogP) is 1.66. The second-order valence-electron chi connectivity index (χ2n) is 5.61. The number of hydrogen-bond donors (Lipinski definition) is 2. The topological polar surface area (TPSA) is 104 Å². The Kier molecular flexibility index (Phi) is 5.47. The average Bonchev–Trinajstić information content (AvgIpc) is 2.67. The number of methoxy groups -OCH3 is 3. The highest BCUT2D eigenvalue weighted by Gasteiger charge is 2.16. The molecule has 1 aromatic carbocycles. The summed E-state index contributed by atoms with van der Waals surface area (Å²) in [5, 5.41) is 3.22. The van der Waals surface area contributed by atoms with Crippen LogP contribution in [0.1, 0.15) is 0 Å². The summed E-state index contributed by atoms with van der Waals surface area (Å²) in [6, 6.07) is 5.45. The molecular formula is C17H23N5O4. The standard InChI is InChI=1S/C17H23N5O4/c1-23-12-8-11(9-13(24-2)16(12)25-3)19-14-10-15(21-17(18)20-14)22-4-6-26-7-5-22/h8-10H,4-7H2,1-3H3,(H3,18,19,20,21). The van der Waals surface area contributed by atoms with Crippen LogP contribution in [-0.2, 0) is 4.74 Å². The smallest absolute Gasteiger partial charge is 0.223 e.